The number of hydrogen-bond acceptors (Lipinski definition) is 5. The summed E-state index contributed by atoms with van der Waals surface area (Å²) in [5.74, 6) is 2.33. The number of aromatic nitrogens is 3. The number of nitrogens with zero attached hydrogens (tertiary/aromatic N) is 4. The zero-order chi connectivity index (χ0) is 15.6. The topological polar surface area (TPSA) is 72.1 Å². The highest BCUT2D eigenvalue weighted by molar-refractivity contribution is 5.79. The average Bonchev–Trinajstić information content (AvgIpc) is 3.16. The first kappa shape index (κ1) is 14.4. The predicted octanol–water partition coefficient (Wildman–Crippen LogP) is 2.32. The SMILES string of the molecule is O=C(C1CCC1)N1CCC(Cc2noc(-c3ccncc3)n2)C1. The maximum atomic E-state index is 12.3. The van der Waals surface area contributed by atoms with Crippen molar-refractivity contribution in [1.82, 2.24) is 20.0 Å². The first-order valence-electron chi connectivity index (χ1n) is 8.31. The minimum Gasteiger partial charge on any atom is -0.342 e. The van der Waals surface area contributed by atoms with Gasteiger partial charge in [-0.1, -0.05) is 11.6 Å². The van der Waals surface area contributed by atoms with Gasteiger partial charge < -0.3 is 9.42 Å². The molecule has 6 nitrogen and oxygen atoms in total. The number of pyridine rings is 1. The molecule has 23 heavy (non-hydrogen) atoms. The Kier molecular flexibility index (Phi) is 3.81. The lowest BCUT2D eigenvalue weighted by Gasteiger charge is -2.29. The highest BCUT2D eigenvalue weighted by Crippen LogP contribution is 2.31. The van der Waals surface area contributed by atoms with Crippen LogP contribution in [0.3, 0.4) is 0 Å². The van der Waals surface area contributed by atoms with E-state index in [9.17, 15) is 4.79 Å². The molecule has 120 valence electrons. The van der Waals surface area contributed by atoms with Crippen LogP contribution in [-0.2, 0) is 11.2 Å². The molecule has 2 aromatic heterocycles. The first-order valence-corrected chi connectivity index (χ1v) is 8.31. The molecule has 1 amide bonds. The van der Waals surface area contributed by atoms with Crippen LogP contribution in [0.4, 0.5) is 0 Å². The fraction of sp³-hybridized carbons (Fsp3) is 0.529. The second-order valence-corrected chi connectivity index (χ2v) is 6.52. The summed E-state index contributed by atoms with van der Waals surface area (Å²) >= 11 is 0. The van der Waals surface area contributed by atoms with Gasteiger partial charge in [-0.05, 0) is 37.3 Å². The van der Waals surface area contributed by atoms with Crippen molar-refractivity contribution in [3.63, 3.8) is 0 Å². The number of amides is 1. The lowest BCUT2D eigenvalue weighted by Crippen LogP contribution is -2.37. The molecule has 0 bridgehead atoms. The summed E-state index contributed by atoms with van der Waals surface area (Å²) in [6, 6.07) is 3.71. The molecule has 1 saturated heterocycles. The maximum Gasteiger partial charge on any atom is 0.258 e. The summed E-state index contributed by atoms with van der Waals surface area (Å²) in [4.78, 5) is 22.8. The molecule has 3 heterocycles. The molecule has 0 radical (unpaired) electrons. The van der Waals surface area contributed by atoms with Crippen LogP contribution in [0.25, 0.3) is 11.5 Å². The van der Waals surface area contributed by atoms with E-state index < -0.39 is 0 Å². The summed E-state index contributed by atoms with van der Waals surface area (Å²) in [5.41, 5.74) is 0.881. The Hall–Kier alpha value is -2.24. The van der Waals surface area contributed by atoms with E-state index in [0.29, 0.717) is 17.7 Å². The zero-order valence-electron chi connectivity index (χ0n) is 13.0. The van der Waals surface area contributed by atoms with Crippen LogP contribution >= 0.6 is 0 Å². The Balaban J connectivity index is 1.36. The van der Waals surface area contributed by atoms with Crippen molar-refractivity contribution in [2.75, 3.05) is 13.1 Å². The average molecular weight is 312 g/mol. The van der Waals surface area contributed by atoms with E-state index in [1.165, 1.54) is 6.42 Å². The molecule has 1 aliphatic carbocycles. The fourth-order valence-electron chi connectivity index (χ4n) is 3.32. The van der Waals surface area contributed by atoms with E-state index in [1.807, 2.05) is 17.0 Å². The summed E-state index contributed by atoms with van der Waals surface area (Å²) < 4.78 is 5.33. The second kappa shape index (κ2) is 6.10. The third-order valence-corrected chi connectivity index (χ3v) is 4.92. The number of likely N-dealkylation sites (tertiary alicyclic amines) is 1. The predicted molar refractivity (Wildman–Crippen MR) is 83.3 cm³/mol. The molecular weight excluding hydrogens is 292 g/mol. The second-order valence-electron chi connectivity index (χ2n) is 6.52. The van der Waals surface area contributed by atoms with E-state index in [-0.39, 0.29) is 5.92 Å². The summed E-state index contributed by atoms with van der Waals surface area (Å²) in [6.07, 6.45) is 8.55. The standard InChI is InChI=1S/C17H20N4O2/c22-17(14-2-1-3-14)21-9-6-12(11-21)10-15-19-16(23-20-15)13-4-7-18-8-5-13/h4-5,7-8,12,14H,1-3,6,9-11H2. The van der Waals surface area contributed by atoms with Crippen LogP contribution in [0.15, 0.2) is 29.0 Å². The highest BCUT2D eigenvalue weighted by atomic mass is 16.5. The van der Waals surface area contributed by atoms with Gasteiger partial charge in [0.1, 0.15) is 0 Å². The van der Waals surface area contributed by atoms with E-state index in [1.54, 1.807) is 12.4 Å². The highest BCUT2D eigenvalue weighted by Gasteiger charge is 2.34. The molecule has 1 aliphatic heterocycles. The molecular formula is C17H20N4O2. The van der Waals surface area contributed by atoms with Crippen LogP contribution in [0.2, 0.25) is 0 Å². The molecule has 2 fully saturated rings. The first-order chi connectivity index (χ1) is 11.3. The smallest absolute Gasteiger partial charge is 0.258 e. The van der Waals surface area contributed by atoms with Crippen molar-refractivity contribution < 1.29 is 9.32 Å². The van der Waals surface area contributed by atoms with Gasteiger partial charge in [-0.2, -0.15) is 4.98 Å². The van der Waals surface area contributed by atoms with Crippen LogP contribution in [0, 0.1) is 11.8 Å². The molecule has 1 unspecified atom stereocenters. The summed E-state index contributed by atoms with van der Waals surface area (Å²) in [5, 5.41) is 4.08. The van der Waals surface area contributed by atoms with E-state index in [4.69, 9.17) is 4.52 Å². The zero-order valence-corrected chi connectivity index (χ0v) is 13.0. The van der Waals surface area contributed by atoms with Gasteiger partial charge in [0.15, 0.2) is 5.82 Å². The van der Waals surface area contributed by atoms with E-state index in [2.05, 4.69) is 15.1 Å². The summed E-state index contributed by atoms with van der Waals surface area (Å²) in [7, 11) is 0. The van der Waals surface area contributed by atoms with Gasteiger partial charge in [0.25, 0.3) is 5.89 Å². The quantitative estimate of drug-likeness (QED) is 0.866. The molecule has 0 aromatic carbocycles. The maximum absolute atomic E-state index is 12.3. The summed E-state index contributed by atoms with van der Waals surface area (Å²) in [6.45, 7) is 1.70. The van der Waals surface area contributed by atoms with Gasteiger partial charge in [-0.25, -0.2) is 0 Å². The molecule has 2 aromatic rings. The fourth-order valence-corrected chi connectivity index (χ4v) is 3.32. The van der Waals surface area contributed by atoms with Crippen LogP contribution in [-0.4, -0.2) is 39.0 Å². The number of rotatable bonds is 4. The van der Waals surface area contributed by atoms with Gasteiger partial charge in [-0.3, -0.25) is 9.78 Å². The van der Waals surface area contributed by atoms with Gasteiger partial charge in [-0.15, -0.1) is 0 Å². The Morgan fingerprint density at radius 3 is 2.83 bits per heavy atom. The third kappa shape index (κ3) is 2.98. The van der Waals surface area contributed by atoms with Gasteiger partial charge in [0, 0.05) is 43.4 Å². The lowest BCUT2D eigenvalue weighted by atomic mass is 9.84. The van der Waals surface area contributed by atoms with Crippen molar-refractivity contribution in [1.29, 1.82) is 0 Å². The largest absolute Gasteiger partial charge is 0.342 e. The number of carbonyl (C=O) groups is 1. The third-order valence-electron chi connectivity index (χ3n) is 4.92. The van der Waals surface area contributed by atoms with Crippen molar-refractivity contribution in [3.05, 3.63) is 30.4 Å². The van der Waals surface area contributed by atoms with Crippen molar-refractivity contribution in [2.45, 2.75) is 32.1 Å². The lowest BCUT2D eigenvalue weighted by molar-refractivity contribution is -0.137. The minimum absolute atomic E-state index is 0.289. The van der Waals surface area contributed by atoms with Crippen LogP contribution in [0.5, 0.6) is 0 Å². The number of carbonyl (C=O) groups excluding carboxylic acids is 1. The Morgan fingerprint density at radius 1 is 1.26 bits per heavy atom. The molecule has 0 N–H and O–H groups in total. The number of hydrogen-bond donors (Lipinski definition) is 0. The monoisotopic (exact) mass is 312 g/mol. The van der Waals surface area contributed by atoms with Crippen molar-refractivity contribution >= 4 is 5.91 Å². The Morgan fingerprint density at radius 2 is 2.09 bits per heavy atom. The van der Waals surface area contributed by atoms with E-state index >= 15 is 0 Å². The van der Waals surface area contributed by atoms with Crippen molar-refractivity contribution in [3.8, 4) is 11.5 Å². The molecule has 1 saturated carbocycles. The van der Waals surface area contributed by atoms with Gasteiger partial charge in [0.2, 0.25) is 5.91 Å². The molecule has 1 atom stereocenters. The Bertz CT molecular complexity index is 681. The van der Waals surface area contributed by atoms with Gasteiger partial charge in [0.05, 0.1) is 0 Å². The van der Waals surface area contributed by atoms with E-state index in [0.717, 1.165) is 50.2 Å². The van der Waals surface area contributed by atoms with Gasteiger partial charge >= 0.3 is 0 Å². The molecule has 2 aliphatic rings. The normalized spacial score (nSPS) is 21.4. The Labute approximate surface area is 134 Å². The minimum atomic E-state index is 0.289. The van der Waals surface area contributed by atoms with Crippen LogP contribution < -0.4 is 0 Å². The molecule has 4 rings (SSSR count). The molecule has 6 heteroatoms. The van der Waals surface area contributed by atoms with Crippen LogP contribution in [0.1, 0.15) is 31.5 Å². The van der Waals surface area contributed by atoms with Crippen molar-refractivity contribution in [2.24, 2.45) is 11.8 Å². The molecule has 0 spiro atoms.